The van der Waals surface area contributed by atoms with Crippen LogP contribution in [0, 0.1) is 17.8 Å². The maximum Gasteiger partial charge on any atom is 0.0635 e. The molecule has 0 radical (unpaired) electrons. The molecule has 0 aromatic heterocycles. The lowest BCUT2D eigenvalue weighted by atomic mass is 9.53. The van der Waals surface area contributed by atoms with Gasteiger partial charge in [0, 0.05) is 12.1 Å². The first-order chi connectivity index (χ1) is 10.2. The zero-order valence-corrected chi connectivity index (χ0v) is 14.7. The fourth-order valence-electron chi connectivity index (χ4n) is 6.40. The highest BCUT2D eigenvalue weighted by molar-refractivity contribution is 5.31. The quantitative estimate of drug-likeness (QED) is 0.780. The van der Waals surface area contributed by atoms with E-state index in [0.717, 1.165) is 24.3 Å². The van der Waals surface area contributed by atoms with Crippen molar-refractivity contribution in [2.24, 2.45) is 17.8 Å². The Morgan fingerprint density at radius 2 is 1.55 bits per heavy atom. The topological polar surface area (TPSA) is 35.5 Å². The summed E-state index contributed by atoms with van der Waals surface area (Å²) < 4.78 is 0. The van der Waals surface area contributed by atoms with Gasteiger partial charge in [-0.05, 0) is 89.5 Å². The first kappa shape index (κ1) is 15.2. The molecule has 5 aliphatic rings. The zero-order valence-electron chi connectivity index (χ0n) is 14.7. The fraction of sp³-hybridized carbons (Fsp3) is 0.895. The molecule has 4 fully saturated rings. The van der Waals surface area contributed by atoms with Gasteiger partial charge in [-0.25, -0.2) is 0 Å². The van der Waals surface area contributed by atoms with Gasteiger partial charge in [-0.3, -0.25) is 0 Å². The molecule has 3 nitrogen and oxygen atoms in total. The van der Waals surface area contributed by atoms with Crippen LogP contribution in [0.15, 0.2) is 11.6 Å². The van der Waals surface area contributed by atoms with Gasteiger partial charge in [-0.15, -0.1) is 0 Å². The van der Waals surface area contributed by atoms with E-state index in [0.29, 0.717) is 5.54 Å². The lowest BCUT2D eigenvalue weighted by Crippen LogP contribution is -2.59. The van der Waals surface area contributed by atoms with Gasteiger partial charge in [0.1, 0.15) is 0 Å². The van der Waals surface area contributed by atoms with Gasteiger partial charge in [0.25, 0.3) is 0 Å². The van der Waals surface area contributed by atoms with E-state index in [4.69, 9.17) is 0 Å². The second-order valence-electron chi connectivity index (χ2n) is 9.75. The number of hydrogen-bond donors (Lipinski definition) is 2. The van der Waals surface area contributed by atoms with Gasteiger partial charge in [0.05, 0.1) is 11.1 Å². The molecule has 4 saturated carbocycles. The highest BCUT2D eigenvalue weighted by atomic mass is 16.5. The van der Waals surface area contributed by atoms with Crippen molar-refractivity contribution in [2.75, 3.05) is 6.54 Å². The molecule has 0 amide bonds. The van der Waals surface area contributed by atoms with Gasteiger partial charge in [-0.1, -0.05) is 6.08 Å². The summed E-state index contributed by atoms with van der Waals surface area (Å²) in [6.07, 6.45) is 10.9. The summed E-state index contributed by atoms with van der Waals surface area (Å²) in [6.45, 7) is 9.38. The van der Waals surface area contributed by atoms with E-state index in [1.165, 1.54) is 49.2 Å². The molecule has 5 rings (SSSR count). The van der Waals surface area contributed by atoms with Crippen LogP contribution in [-0.4, -0.2) is 33.4 Å². The minimum Gasteiger partial charge on any atom is -0.312 e. The lowest BCUT2D eigenvalue weighted by molar-refractivity contribution is -0.185. The summed E-state index contributed by atoms with van der Waals surface area (Å²) >= 11 is 0. The summed E-state index contributed by atoms with van der Waals surface area (Å²) in [5.74, 6) is 2.94. The minimum atomic E-state index is -0.265. The average Bonchev–Trinajstić information content (AvgIpc) is 2.55. The first-order valence-corrected chi connectivity index (χ1v) is 9.17. The van der Waals surface area contributed by atoms with Crippen LogP contribution in [0.3, 0.4) is 0 Å². The predicted octanol–water partition coefficient (Wildman–Crippen LogP) is 3.73. The monoisotopic (exact) mass is 304 g/mol. The molecule has 0 aromatic rings. The lowest BCUT2D eigenvalue weighted by Gasteiger charge is -2.57. The fourth-order valence-corrected chi connectivity index (χ4v) is 6.40. The Morgan fingerprint density at radius 3 is 1.95 bits per heavy atom. The summed E-state index contributed by atoms with van der Waals surface area (Å²) in [4.78, 5) is 0. The average molecular weight is 304 g/mol. The van der Waals surface area contributed by atoms with Gasteiger partial charge in [0.2, 0.25) is 0 Å². The third-order valence-corrected chi connectivity index (χ3v) is 7.08. The highest BCUT2D eigenvalue weighted by Gasteiger charge is 2.51. The Kier molecular flexibility index (Phi) is 3.16. The SMILES string of the molecule is CC1(C)C=C(CNC23CC4CC(CC(C4)C2)C3)C(C)(C)N1O. The predicted molar refractivity (Wildman–Crippen MR) is 88.8 cm³/mol. The van der Waals surface area contributed by atoms with Crippen LogP contribution < -0.4 is 5.32 Å². The third kappa shape index (κ3) is 2.20. The maximum atomic E-state index is 10.5. The van der Waals surface area contributed by atoms with Crippen molar-refractivity contribution in [3.05, 3.63) is 11.6 Å². The van der Waals surface area contributed by atoms with Crippen molar-refractivity contribution in [3.63, 3.8) is 0 Å². The second-order valence-corrected chi connectivity index (χ2v) is 9.75. The van der Waals surface area contributed by atoms with E-state index in [2.05, 4.69) is 39.1 Å². The molecule has 124 valence electrons. The van der Waals surface area contributed by atoms with E-state index in [1.54, 1.807) is 0 Å². The molecule has 0 atom stereocenters. The third-order valence-electron chi connectivity index (χ3n) is 7.08. The van der Waals surface area contributed by atoms with Crippen LogP contribution in [-0.2, 0) is 0 Å². The van der Waals surface area contributed by atoms with Crippen molar-refractivity contribution in [2.45, 2.75) is 82.8 Å². The van der Waals surface area contributed by atoms with Crippen LogP contribution >= 0.6 is 0 Å². The number of nitrogens with zero attached hydrogens (tertiary/aromatic N) is 1. The van der Waals surface area contributed by atoms with Gasteiger partial charge >= 0.3 is 0 Å². The Labute approximate surface area is 135 Å². The van der Waals surface area contributed by atoms with Crippen LogP contribution in [0.5, 0.6) is 0 Å². The molecule has 22 heavy (non-hydrogen) atoms. The molecular weight excluding hydrogens is 272 g/mol. The van der Waals surface area contributed by atoms with Gasteiger partial charge in [-0.2, -0.15) is 5.06 Å². The van der Waals surface area contributed by atoms with Crippen LogP contribution in [0.1, 0.15) is 66.2 Å². The van der Waals surface area contributed by atoms with Crippen LogP contribution in [0.4, 0.5) is 0 Å². The van der Waals surface area contributed by atoms with E-state index in [9.17, 15) is 5.21 Å². The zero-order chi connectivity index (χ0) is 15.8. The van der Waals surface area contributed by atoms with Crippen molar-refractivity contribution >= 4 is 0 Å². The van der Waals surface area contributed by atoms with Crippen molar-refractivity contribution in [3.8, 4) is 0 Å². The van der Waals surface area contributed by atoms with E-state index in [1.807, 2.05) is 0 Å². The Morgan fingerprint density at radius 1 is 1.05 bits per heavy atom. The van der Waals surface area contributed by atoms with Crippen molar-refractivity contribution in [1.29, 1.82) is 0 Å². The van der Waals surface area contributed by atoms with Gasteiger partial charge in [0.15, 0.2) is 0 Å². The molecule has 0 aromatic carbocycles. The number of hydrogen-bond acceptors (Lipinski definition) is 3. The molecule has 1 aliphatic heterocycles. The van der Waals surface area contributed by atoms with E-state index >= 15 is 0 Å². The van der Waals surface area contributed by atoms with Gasteiger partial charge < -0.3 is 10.5 Å². The summed E-state index contributed by atoms with van der Waals surface area (Å²) in [5, 5.41) is 16.0. The summed E-state index contributed by atoms with van der Waals surface area (Å²) in [5.41, 5.74) is 1.22. The first-order valence-electron chi connectivity index (χ1n) is 9.17. The van der Waals surface area contributed by atoms with Crippen molar-refractivity contribution in [1.82, 2.24) is 10.4 Å². The molecule has 0 spiro atoms. The molecule has 4 aliphatic carbocycles. The molecule has 0 unspecified atom stereocenters. The number of nitrogens with one attached hydrogen (secondary N) is 1. The molecule has 3 heteroatoms. The number of rotatable bonds is 3. The Hall–Kier alpha value is -0.380. The minimum absolute atomic E-state index is 0.262. The molecule has 1 heterocycles. The normalized spacial score (nSPS) is 45.3. The highest BCUT2D eigenvalue weighted by Crippen LogP contribution is 2.55. The van der Waals surface area contributed by atoms with Crippen LogP contribution in [0.25, 0.3) is 0 Å². The van der Waals surface area contributed by atoms with Crippen LogP contribution in [0.2, 0.25) is 0 Å². The standard InChI is InChI=1S/C19H32N2O/c1-17(2)11-16(18(3,4)21(17)22)12-20-19-8-13-5-14(9-19)7-15(6-13)10-19/h11,13-15,20,22H,5-10,12H2,1-4H3. The Bertz CT molecular complexity index is 470. The van der Waals surface area contributed by atoms with Crippen molar-refractivity contribution < 1.29 is 5.21 Å². The maximum absolute atomic E-state index is 10.5. The Balaban J connectivity index is 1.49. The second kappa shape index (κ2) is 4.58. The molecular formula is C19H32N2O. The molecule has 0 saturated heterocycles. The summed E-state index contributed by atoms with van der Waals surface area (Å²) in [7, 11) is 0. The largest absolute Gasteiger partial charge is 0.312 e. The smallest absolute Gasteiger partial charge is 0.0635 e. The molecule has 2 N–H and O–H groups in total. The molecule has 4 bridgehead atoms. The van der Waals surface area contributed by atoms with E-state index < -0.39 is 0 Å². The summed E-state index contributed by atoms with van der Waals surface area (Å²) in [6, 6.07) is 0. The number of hydroxylamine groups is 2. The van der Waals surface area contributed by atoms with E-state index in [-0.39, 0.29) is 11.1 Å².